The van der Waals surface area contributed by atoms with Crippen molar-refractivity contribution in [2.75, 3.05) is 24.7 Å². The van der Waals surface area contributed by atoms with Crippen LogP contribution in [0.1, 0.15) is 51.9 Å². The van der Waals surface area contributed by atoms with Gasteiger partial charge in [-0.05, 0) is 19.3 Å². The smallest absolute Gasteiger partial charge is 0.306 e. The van der Waals surface area contributed by atoms with E-state index in [2.05, 4.69) is 0 Å². The molecule has 7 nitrogen and oxygen atoms in total. The van der Waals surface area contributed by atoms with Crippen LogP contribution < -0.4 is 0 Å². The van der Waals surface area contributed by atoms with Crippen LogP contribution in [0.2, 0.25) is 0 Å². The minimum Gasteiger partial charge on any atom is -0.452 e. The molecule has 0 heterocycles. The Morgan fingerprint density at radius 2 is 1.39 bits per heavy atom. The topological polar surface area (TPSA) is 96.0 Å². The maximum atomic E-state index is 11.4. The lowest BCUT2D eigenvalue weighted by Crippen LogP contribution is -2.12. The summed E-state index contributed by atoms with van der Waals surface area (Å²) >= 11 is -1.58. The largest absolute Gasteiger partial charge is 0.452 e. The lowest BCUT2D eigenvalue weighted by Gasteiger charge is -2.05. The summed E-state index contributed by atoms with van der Waals surface area (Å²) in [7, 11) is -1.13. The molecular weight excluding hydrogens is 344 g/mol. The van der Waals surface area contributed by atoms with E-state index in [4.69, 9.17) is 13.7 Å². The SMILES string of the molecule is CCCOS(=O)COC(=O)CCCCCCC(=O)OCS(C)=O. The zero-order valence-corrected chi connectivity index (χ0v) is 15.4. The van der Waals surface area contributed by atoms with E-state index in [-0.39, 0.29) is 30.7 Å². The average Bonchev–Trinajstić information content (AvgIpc) is 2.52. The quantitative estimate of drug-likeness (QED) is 0.340. The summed E-state index contributed by atoms with van der Waals surface area (Å²) in [4.78, 5) is 22.6. The van der Waals surface area contributed by atoms with Crippen molar-refractivity contribution in [1.82, 2.24) is 0 Å². The van der Waals surface area contributed by atoms with Gasteiger partial charge in [-0.15, -0.1) is 0 Å². The van der Waals surface area contributed by atoms with Crippen molar-refractivity contribution in [3.63, 3.8) is 0 Å². The predicted molar refractivity (Wildman–Crippen MR) is 88.1 cm³/mol. The van der Waals surface area contributed by atoms with Gasteiger partial charge in [-0.3, -0.25) is 18.0 Å². The molecule has 0 aromatic heterocycles. The Morgan fingerprint density at radius 3 is 1.87 bits per heavy atom. The van der Waals surface area contributed by atoms with Crippen molar-refractivity contribution in [2.24, 2.45) is 0 Å². The summed E-state index contributed by atoms with van der Waals surface area (Å²) in [6, 6.07) is 0. The Morgan fingerprint density at radius 1 is 0.870 bits per heavy atom. The molecule has 0 aliphatic rings. The Bertz CT molecular complexity index is 399. The molecule has 9 heteroatoms. The van der Waals surface area contributed by atoms with Gasteiger partial charge in [0, 0.05) is 19.1 Å². The summed E-state index contributed by atoms with van der Waals surface area (Å²) in [5, 5.41) is 0. The summed E-state index contributed by atoms with van der Waals surface area (Å²) < 4.78 is 36.5. The molecule has 2 atom stereocenters. The molecule has 0 fully saturated rings. The average molecular weight is 370 g/mol. The van der Waals surface area contributed by atoms with Gasteiger partial charge in [0.15, 0.2) is 23.0 Å². The van der Waals surface area contributed by atoms with Crippen molar-refractivity contribution < 1.29 is 31.7 Å². The van der Waals surface area contributed by atoms with Crippen molar-refractivity contribution in [1.29, 1.82) is 0 Å². The van der Waals surface area contributed by atoms with Gasteiger partial charge >= 0.3 is 11.9 Å². The number of carbonyl (C=O) groups excluding carboxylic acids is 2. The Kier molecular flexibility index (Phi) is 14.3. The first-order valence-electron chi connectivity index (χ1n) is 7.58. The Hall–Kier alpha value is -0.800. The molecular formula is C14H26O7S2. The molecule has 0 saturated heterocycles. The van der Waals surface area contributed by atoms with Gasteiger partial charge in [-0.25, -0.2) is 4.21 Å². The Labute approximate surface area is 142 Å². The minimum atomic E-state index is -1.58. The first-order chi connectivity index (χ1) is 11.0. The highest BCUT2D eigenvalue weighted by Crippen LogP contribution is 2.07. The number of unbranched alkanes of at least 4 members (excludes halogenated alkanes) is 3. The van der Waals surface area contributed by atoms with Crippen LogP contribution in [0, 0.1) is 0 Å². The predicted octanol–water partition coefficient (Wildman–Crippen LogP) is 1.80. The van der Waals surface area contributed by atoms with Crippen LogP contribution in [0.3, 0.4) is 0 Å². The zero-order valence-electron chi connectivity index (χ0n) is 13.7. The zero-order chi connectivity index (χ0) is 17.5. The van der Waals surface area contributed by atoms with E-state index >= 15 is 0 Å². The van der Waals surface area contributed by atoms with Crippen molar-refractivity contribution in [2.45, 2.75) is 51.9 Å². The van der Waals surface area contributed by atoms with Crippen molar-refractivity contribution >= 4 is 33.8 Å². The van der Waals surface area contributed by atoms with E-state index < -0.39 is 27.8 Å². The van der Waals surface area contributed by atoms with Crippen molar-refractivity contribution in [3.8, 4) is 0 Å². The van der Waals surface area contributed by atoms with Crippen molar-refractivity contribution in [3.05, 3.63) is 0 Å². The maximum Gasteiger partial charge on any atom is 0.306 e. The van der Waals surface area contributed by atoms with Gasteiger partial charge in [0.05, 0.1) is 17.4 Å². The molecule has 0 N–H and O–H groups in total. The molecule has 0 saturated carbocycles. The molecule has 0 aromatic carbocycles. The molecule has 0 radical (unpaired) electrons. The molecule has 23 heavy (non-hydrogen) atoms. The second kappa shape index (κ2) is 14.8. The standard InChI is InChI=1S/C14H26O7S2/c1-3-10-21-23(18)12-20-14(16)9-7-5-4-6-8-13(15)19-11-22(2)17/h3-12H2,1-2H3. The van der Waals surface area contributed by atoms with Crippen LogP contribution in [0.4, 0.5) is 0 Å². The highest BCUT2D eigenvalue weighted by Gasteiger charge is 2.07. The van der Waals surface area contributed by atoms with E-state index in [1.54, 1.807) is 0 Å². The highest BCUT2D eigenvalue weighted by atomic mass is 32.2. The summed E-state index contributed by atoms with van der Waals surface area (Å²) in [5.74, 6) is -1.05. The number of esters is 2. The normalized spacial score (nSPS) is 13.3. The van der Waals surface area contributed by atoms with E-state index in [0.717, 1.165) is 19.3 Å². The Balaban J connectivity index is 3.46. The molecule has 0 spiro atoms. The summed E-state index contributed by atoms with van der Waals surface area (Å²) in [6.45, 7) is 2.27. The van der Waals surface area contributed by atoms with Gasteiger partial charge in [-0.2, -0.15) is 0 Å². The fourth-order valence-electron chi connectivity index (χ4n) is 1.51. The molecule has 0 bridgehead atoms. The van der Waals surface area contributed by atoms with E-state index in [1.807, 2.05) is 6.92 Å². The molecule has 0 aliphatic carbocycles. The second-order valence-corrected chi connectivity index (χ2v) is 7.34. The second-order valence-electron chi connectivity index (χ2n) is 4.88. The first-order valence-corrected chi connectivity index (χ1v) is 10.6. The third kappa shape index (κ3) is 15.9. The third-order valence-electron chi connectivity index (χ3n) is 2.63. The van der Waals surface area contributed by atoms with Crippen LogP contribution >= 0.6 is 0 Å². The third-order valence-corrected chi connectivity index (χ3v) is 3.82. The van der Waals surface area contributed by atoms with Gasteiger partial charge < -0.3 is 9.47 Å². The van der Waals surface area contributed by atoms with Gasteiger partial charge in [-0.1, -0.05) is 19.8 Å². The maximum absolute atomic E-state index is 11.4. The lowest BCUT2D eigenvalue weighted by atomic mass is 10.1. The van der Waals surface area contributed by atoms with E-state index in [1.165, 1.54) is 6.26 Å². The molecule has 136 valence electrons. The number of ether oxygens (including phenoxy) is 2. The molecule has 0 amide bonds. The number of carbonyl (C=O) groups is 2. The highest BCUT2D eigenvalue weighted by molar-refractivity contribution is 7.84. The number of rotatable bonds is 14. The summed E-state index contributed by atoms with van der Waals surface area (Å²) in [6.07, 6.45) is 5.66. The fraction of sp³-hybridized carbons (Fsp3) is 0.857. The van der Waals surface area contributed by atoms with Gasteiger partial charge in [0.2, 0.25) is 0 Å². The van der Waals surface area contributed by atoms with Crippen LogP contribution in [-0.4, -0.2) is 45.1 Å². The molecule has 0 aromatic rings. The molecule has 2 unspecified atom stereocenters. The number of hydrogen-bond donors (Lipinski definition) is 0. The summed E-state index contributed by atoms with van der Waals surface area (Å²) in [5.41, 5.74) is 0. The molecule has 0 rings (SSSR count). The van der Waals surface area contributed by atoms with Gasteiger partial charge in [0.1, 0.15) is 0 Å². The fourth-order valence-corrected chi connectivity index (χ4v) is 2.46. The monoisotopic (exact) mass is 370 g/mol. The van der Waals surface area contributed by atoms with Gasteiger partial charge in [0.25, 0.3) is 0 Å². The van der Waals surface area contributed by atoms with Crippen LogP contribution in [0.15, 0.2) is 0 Å². The van der Waals surface area contributed by atoms with Crippen LogP contribution in [0.25, 0.3) is 0 Å². The minimum absolute atomic E-state index is 0.0615. The van der Waals surface area contributed by atoms with E-state index in [9.17, 15) is 18.0 Å². The van der Waals surface area contributed by atoms with Crippen LogP contribution in [-0.2, 0) is 45.1 Å². The molecule has 0 aliphatic heterocycles. The lowest BCUT2D eigenvalue weighted by molar-refractivity contribution is -0.142. The number of hydrogen-bond acceptors (Lipinski definition) is 7. The first kappa shape index (κ1) is 22.2. The van der Waals surface area contributed by atoms with E-state index in [0.29, 0.717) is 19.4 Å². The van der Waals surface area contributed by atoms with Crippen LogP contribution in [0.5, 0.6) is 0 Å².